The van der Waals surface area contributed by atoms with Crippen LogP contribution in [0.25, 0.3) is 0 Å². The van der Waals surface area contributed by atoms with E-state index in [0.717, 1.165) is 0 Å². The van der Waals surface area contributed by atoms with Crippen molar-refractivity contribution < 1.29 is 24.2 Å². The number of Topliss-reactive ketones (excluding diaryl/α,β-unsaturated/α-hetero) is 1. The lowest BCUT2D eigenvalue weighted by molar-refractivity contribution is -0.131. The zero-order valence-electron chi connectivity index (χ0n) is 9.52. The highest BCUT2D eigenvalue weighted by Gasteiger charge is 2.14. The van der Waals surface area contributed by atoms with Crippen molar-refractivity contribution in [2.24, 2.45) is 0 Å². The maximum atomic E-state index is 11.0. The average Bonchev–Trinajstić information content (AvgIpc) is 2.18. The van der Waals surface area contributed by atoms with E-state index in [1.54, 1.807) is 6.07 Å². The number of carboxylic acids is 1. The summed E-state index contributed by atoms with van der Waals surface area (Å²) in [5.74, 6) is -1.88. The molecule has 1 N–H and O–H groups in total. The van der Waals surface area contributed by atoms with Crippen LogP contribution >= 0.6 is 0 Å². The molecule has 0 aliphatic rings. The zero-order chi connectivity index (χ0) is 13.0. The molecule has 90 valence electrons. The van der Waals surface area contributed by atoms with Crippen molar-refractivity contribution >= 4 is 17.7 Å². The van der Waals surface area contributed by atoms with Crippen LogP contribution in [-0.2, 0) is 16.0 Å². The summed E-state index contributed by atoms with van der Waals surface area (Å²) < 4.78 is 4.76. The largest absolute Gasteiger partial charge is 0.478 e. The lowest BCUT2D eigenvalue weighted by Crippen LogP contribution is -2.08. The molecule has 1 aromatic carbocycles. The minimum Gasteiger partial charge on any atom is -0.478 e. The summed E-state index contributed by atoms with van der Waals surface area (Å²) in [6.07, 6.45) is 0.153. The van der Waals surface area contributed by atoms with Gasteiger partial charge in [0.15, 0.2) is 0 Å². The minimum atomic E-state index is -1.20. The molecule has 1 rings (SSSR count). The summed E-state index contributed by atoms with van der Waals surface area (Å²) in [7, 11) is 0. The fourth-order valence-electron chi connectivity index (χ4n) is 1.39. The summed E-state index contributed by atoms with van der Waals surface area (Å²) >= 11 is 0. The highest BCUT2D eigenvalue weighted by Crippen LogP contribution is 2.21. The van der Waals surface area contributed by atoms with Crippen molar-refractivity contribution in [1.82, 2.24) is 0 Å². The molecular weight excluding hydrogens is 224 g/mol. The van der Waals surface area contributed by atoms with Crippen molar-refractivity contribution in [1.29, 1.82) is 0 Å². The Balaban J connectivity index is 3.12. The number of hydrogen-bond donors (Lipinski definition) is 1. The topological polar surface area (TPSA) is 80.7 Å². The Kier molecular flexibility index (Phi) is 3.98. The number of esters is 1. The molecule has 17 heavy (non-hydrogen) atoms. The van der Waals surface area contributed by atoms with Gasteiger partial charge in [-0.15, -0.1) is 0 Å². The molecule has 5 nitrogen and oxygen atoms in total. The Bertz CT molecular complexity index is 476. The third-order valence-corrected chi connectivity index (χ3v) is 1.98. The molecule has 0 aliphatic carbocycles. The number of ether oxygens (including phenoxy) is 1. The van der Waals surface area contributed by atoms with Crippen LogP contribution in [0.15, 0.2) is 18.2 Å². The first-order chi connectivity index (χ1) is 7.90. The van der Waals surface area contributed by atoms with E-state index >= 15 is 0 Å². The fraction of sp³-hybridized carbons (Fsp3) is 0.250. The number of ketones is 1. The van der Waals surface area contributed by atoms with Crippen LogP contribution in [0.5, 0.6) is 5.75 Å². The molecule has 0 unspecified atom stereocenters. The van der Waals surface area contributed by atoms with Crippen molar-refractivity contribution in [2.45, 2.75) is 20.3 Å². The number of carboxylic acid groups (broad SMARTS) is 1. The first-order valence-electron chi connectivity index (χ1n) is 4.94. The summed E-state index contributed by atoms with van der Waals surface area (Å²) in [5.41, 5.74) is 0.449. The number of carbonyl (C=O) groups excluding carboxylic acids is 2. The number of hydrogen-bond acceptors (Lipinski definition) is 4. The van der Waals surface area contributed by atoms with Gasteiger partial charge >= 0.3 is 11.9 Å². The van der Waals surface area contributed by atoms with Gasteiger partial charge < -0.3 is 9.84 Å². The van der Waals surface area contributed by atoms with Gasteiger partial charge in [0.2, 0.25) is 0 Å². The van der Waals surface area contributed by atoms with Gasteiger partial charge in [0.05, 0.1) is 0 Å². The minimum absolute atomic E-state index is 0.0164. The Labute approximate surface area is 98.0 Å². The molecule has 0 heterocycles. The van der Waals surface area contributed by atoms with Crippen LogP contribution in [0.2, 0.25) is 0 Å². The quantitative estimate of drug-likeness (QED) is 0.632. The van der Waals surface area contributed by atoms with E-state index in [0.29, 0.717) is 5.56 Å². The molecule has 0 spiro atoms. The van der Waals surface area contributed by atoms with Crippen molar-refractivity contribution in [3.05, 3.63) is 29.3 Å². The molecule has 0 atom stereocenters. The molecule has 0 saturated carbocycles. The molecule has 0 amide bonds. The molecular formula is C12H12O5. The predicted molar refractivity (Wildman–Crippen MR) is 59.1 cm³/mol. The lowest BCUT2D eigenvalue weighted by Gasteiger charge is -2.07. The van der Waals surface area contributed by atoms with Gasteiger partial charge in [0.25, 0.3) is 0 Å². The Morgan fingerprint density at radius 3 is 2.35 bits per heavy atom. The van der Waals surface area contributed by atoms with Gasteiger partial charge in [0.1, 0.15) is 17.1 Å². The second kappa shape index (κ2) is 5.25. The van der Waals surface area contributed by atoms with Gasteiger partial charge in [-0.2, -0.15) is 0 Å². The Hall–Kier alpha value is -2.17. The normalized spacial score (nSPS) is 9.76. The van der Waals surface area contributed by atoms with Gasteiger partial charge in [-0.05, 0) is 24.6 Å². The van der Waals surface area contributed by atoms with Crippen LogP contribution in [0, 0.1) is 0 Å². The first-order valence-corrected chi connectivity index (χ1v) is 4.94. The number of aromatic carboxylic acids is 1. The number of rotatable bonds is 4. The maximum absolute atomic E-state index is 11.0. The van der Waals surface area contributed by atoms with Crippen molar-refractivity contribution in [3.63, 3.8) is 0 Å². The standard InChI is InChI=1S/C12H12O5/c1-7(13)5-9-3-4-11(17-8(2)14)10(6-9)12(15)16/h3-4,6H,5H2,1-2H3,(H,15,16). The molecule has 0 fully saturated rings. The van der Waals surface area contributed by atoms with Gasteiger partial charge in [-0.1, -0.05) is 6.07 Å². The first kappa shape index (κ1) is 12.9. The number of benzene rings is 1. The number of carbonyl (C=O) groups is 3. The molecule has 0 aromatic heterocycles. The Morgan fingerprint density at radius 1 is 1.24 bits per heavy atom. The van der Waals surface area contributed by atoms with E-state index in [4.69, 9.17) is 9.84 Å². The second-order valence-corrected chi connectivity index (χ2v) is 3.61. The van der Waals surface area contributed by atoms with Crippen LogP contribution in [0.3, 0.4) is 0 Å². The maximum Gasteiger partial charge on any atom is 0.339 e. The molecule has 0 aliphatic heterocycles. The van der Waals surface area contributed by atoms with E-state index in [9.17, 15) is 14.4 Å². The zero-order valence-corrected chi connectivity index (χ0v) is 9.52. The van der Waals surface area contributed by atoms with Crippen LogP contribution in [-0.4, -0.2) is 22.8 Å². The van der Waals surface area contributed by atoms with E-state index in [2.05, 4.69) is 0 Å². The molecule has 0 saturated heterocycles. The monoisotopic (exact) mass is 236 g/mol. The van der Waals surface area contributed by atoms with Gasteiger partial charge in [0, 0.05) is 13.3 Å². The van der Waals surface area contributed by atoms with Crippen LogP contribution in [0.4, 0.5) is 0 Å². The summed E-state index contributed by atoms with van der Waals surface area (Å²) in [5, 5.41) is 8.96. The third-order valence-electron chi connectivity index (χ3n) is 1.98. The van der Waals surface area contributed by atoms with E-state index in [1.165, 1.54) is 26.0 Å². The van der Waals surface area contributed by atoms with E-state index < -0.39 is 11.9 Å². The average molecular weight is 236 g/mol. The van der Waals surface area contributed by atoms with Crippen molar-refractivity contribution in [2.75, 3.05) is 0 Å². The summed E-state index contributed by atoms with van der Waals surface area (Å²) in [6, 6.07) is 4.28. The SMILES string of the molecule is CC(=O)Cc1ccc(OC(C)=O)c(C(=O)O)c1. The highest BCUT2D eigenvalue weighted by atomic mass is 16.5. The van der Waals surface area contributed by atoms with Crippen LogP contribution in [0.1, 0.15) is 29.8 Å². The van der Waals surface area contributed by atoms with E-state index in [1.807, 2.05) is 0 Å². The summed E-state index contributed by atoms with van der Waals surface area (Å²) in [4.78, 5) is 32.7. The second-order valence-electron chi connectivity index (χ2n) is 3.61. The third kappa shape index (κ3) is 3.71. The van der Waals surface area contributed by atoms with E-state index in [-0.39, 0.29) is 23.5 Å². The molecule has 0 radical (unpaired) electrons. The van der Waals surface area contributed by atoms with Gasteiger partial charge in [-0.3, -0.25) is 9.59 Å². The summed E-state index contributed by atoms with van der Waals surface area (Å²) in [6.45, 7) is 2.61. The smallest absolute Gasteiger partial charge is 0.339 e. The van der Waals surface area contributed by atoms with Gasteiger partial charge in [-0.25, -0.2) is 4.79 Å². The molecule has 1 aromatic rings. The highest BCUT2D eigenvalue weighted by molar-refractivity contribution is 5.92. The Morgan fingerprint density at radius 2 is 1.88 bits per heavy atom. The fourth-order valence-corrected chi connectivity index (χ4v) is 1.39. The van der Waals surface area contributed by atoms with Crippen LogP contribution < -0.4 is 4.74 Å². The predicted octanol–water partition coefficient (Wildman–Crippen LogP) is 1.44. The lowest BCUT2D eigenvalue weighted by atomic mass is 10.1. The molecule has 0 bridgehead atoms. The van der Waals surface area contributed by atoms with Crippen molar-refractivity contribution in [3.8, 4) is 5.75 Å². The molecule has 5 heteroatoms.